The van der Waals surface area contributed by atoms with Gasteiger partial charge in [0.25, 0.3) is 0 Å². The molecule has 0 aliphatic carbocycles. The van der Waals surface area contributed by atoms with Crippen LogP contribution in [0.25, 0.3) is 0 Å². The SMILES string of the molecule is CC(C)NCCCNCc1ccnn1C. The largest absolute Gasteiger partial charge is 0.314 e. The second-order valence-corrected chi connectivity index (χ2v) is 4.09. The number of hydrogen-bond acceptors (Lipinski definition) is 3. The summed E-state index contributed by atoms with van der Waals surface area (Å²) in [6, 6.07) is 2.63. The molecule has 4 heteroatoms. The Balaban J connectivity index is 2.00. The van der Waals surface area contributed by atoms with Gasteiger partial charge in [-0.15, -0.1) is 0 Å². The van der Waals surface area contributed by atoms with Gasteiger partial charge in [-0.05, 0) is 25.6 Å². The molecule has 0 saturated carbocycles. The topological polar surface area (TPSA) is 41.9 Å². The summed E-state index contributed by atoms with van der Waals surface area (Å²) in [5.74, 6) is 0. The maximum atomic E-state index is 4.12. The molecule has 1 aromatic heterocycles. The maximum absolute atomic E-state index is 4.12. The lowest BCUT2D eigenvalue weighted by Crippen LogP contribution is -2.27. The first-order valence-corrected chi connectivity index (χ1v) is 5.61. The summed E-state index contributed by atoms with van der Waals surface area (Å²) in [4.78, 5) is 0. The first-order chi connectivity index (χ1) is 7.20. The standard InChI is InChI=1S/C11H22N4/c1-10(2)13-7-4-6-12-9-11-5-8-14-15(11)3/h5,8,10,12-13H,4,6-7,9H2,1-3H3. The van der Waals surface area contributed by atoms with E-state index in [0.29, 0.717) is 6.04 Å². The van der Waals surface area contributed by atoms with Crippen LogP contribution in [0.15, 0.2) is 12.3 Å². The van der Waals surface area contributed by atoms with Crippen LogP contribution < -0.4 is 10.6 Å². The summed E-state index contributed by atoms with van der Waals surface area (Å²) < 4.78 is 1.90. The van der Waals surface area contributed by atoms with Gasteiger partial charge in [0.05, 0.1) is 5.69 Å². The average Bonchev–Trinajstić information content (AvgIpc) is 2.57. The van der Waals surface area contributed by atoms with Crippen molar-refractivity contribution in [1.82, 2.24) is 20.4 Å². The first-order valence-electron chi connectivity index (χ1n) is 5.61. The third kappa shape index (κ3) is 4.95. The van der Waals surface area contributed by atoms with E-state index in [0.717, 1.165) is 26.1 Å². The van der Waals surface area contributed by atoms with Gasteiger partial charge in [-0.25, -0.2) is 0 Å². The van der Waals surface area contributed by atoms with E-state index in [2.05, 4.69) is 29.6 Å². The minimum absolute atomic E-state index is 0.585. The molecule has 1 aromatic rings. The second kappa shape index (κ2) is 6.58. The van der Waals surface area contributed by atoms with Crippen LogP contribution in [0.2, 0.25) is 0 Å². The highest BCUT2D eigenvalue weighted by atomic mass is 15.3. The molecule has 0 bridgehead atoms. The molecule has 0 unspecified atom stereocenters. The van der Waals surface area contributed by atoms with Crippen molar-refractivity contribution in [3.63, 3.8) is 0 Å². The van der Waals surface area contributed by atoms with Crippen LogP contribution in [0, 0.1) is 0 Å². The maximum Gasteiger partial charge on any atom is 0.0518 e. The molecule has 0 spiro atoms. The van der Waals surface area contributed by atoms with E-state index in [1.165, 1.54) is 5.69 Å². The Morgan fingerprint density at radius 1 is 1.40 bits per heavy atom. The lowest BCUT2D eigenvalue weighted by Gasteiger charge is -2.08. The van der Waals surface area contributed by atoms with Crippen LogP contribution in [0.5, 0.6) is 0 Å². The van der Waals surface area contributed by atoms with Crippen molar-refractivity contribution in [1.29, 1.82) is 0 Å². The molecule has 4 nitrogen and oxygen atoms in total. The van der Waals surface area contributed by atoms with Crippen molar-refractivity contribution in [3.8, 4) is 0 Å². The Labute approximate surface area is 92.1 Å². The van der Waals surface area contributed by atoms with Gasteiger partial charge < -0.3 is 10.6 Å². The van der Waals surface area contributed by atoms with Crippen molar-refractivity contribution in [2.75, 3.05) is 13.1 Å². The third-order valence-electron chi connectivity index (χ3n) is 2.31. The molecule has 0 atom stereocenters. The lowest BCUT2D eigenvalue weighted by molar-refractivity contribution is 0.540. The molecule has 0 aromatic carbocycles. The van der Waals surface area contributed by atoms with Gasteiger partial charge in [0, 0.05) is 25.8 Å². The van der Waals surface area contributed by atoms with Crippen LogP contribution >= 0.6 is 0 Å². The van der Waals surface area contributed by atoms with E-state index < -0.39 is 0 Å². The smallest absolute Gasteiger partial charge is 0.0518 e. The van der Waals surface area contributed by atoms with Gasteiger partial charge in [-0.1, -0.05) is 13.8 Å². The molecule has 0 saturated heterocycles. The predicted molar refractivity (Wildman–Crippen MR) is 62.7 cm³/mol. The molecular formula is C11H22N4. The zero-order valence-corrected chi connectivity index (χ0v) is 9.95. The number of nitrogens with one attached hydrogen (secondary N) is 2. The molecule has 1 rings (SSSR count). The van der Waals surface area contributed by atoms with E-state index in [9.17, 15) is 0 Å². The zero-order valence-electron chi connectivity index (χ0n) is 9.95. The molecule has 0 radical (unpaired) electrons. The number of hydrogen-bond donors (Lipinski definition) is 2. The van der Waals surface area contributed by atoms with Crippen molar-refractivity contribution in [2.45, 2.75) is 32.9 Å². The number of rotatable bonds is 7. The van der Waals surface area contributed by atoms with Crippen LogP contribution in [0.3, 0.4) is 0 Å². The van der Waals surface area contributed by atoms with Gasteiger partial charge in [-0.2, -0.15) is 5.10 Å². The fourth-order valence-corrected chi connectivity index (χ4v) is 1.40. The molecule has 0 aliphatic rings. The Kier molecular flexibility index (Phi) is 5.36. The van der Waals surface area contributed by atoms with Gasteiger partial charge in [-0.3, -0.25) is 4.68 Å². The highest BCUT2D eigenvalue weighted by molar-refractivity contribution is 4.98. The Bertz CT molecular complexity index is 267. The van der Waals surface area contributed by atoms with Gasteiger partial charge >= 0.3 is 0 Å². The predicted octanol–water partition coefficient (Wildman–Crippen LogP) is 0.898. The van der Waals surface area contributed by atoms with Crippen LogP contribution in [0.1, 0.15) is 26.0 Å². The van der Waals surface area contributed by atoms with Gasteiger partial charge in [0.15, 0.2) is 0 Å². The molecule has 0 amide bonds. The lowest BCUT2D eigenvalue weighted by atomic mass is 10.3. The summed E-state index contributed by atoms with van der Waals surface area (Å²) >= 11 is 0. The summed E-state index contributed by atoms with van der Waals surface area (Å²) in [6.45, 7) is 7.37. The zero-order chi connectivity index (χ0) is 11.1. The van der Waals surface area contributed by atoms with E-state index in [1.807, 2.05) is 24.0 Å². The molecule has 15 heavy (non-hydrogen) atoms. The van der Waals surface area contributed by atoms with Crippen molar-refractivity contribution in [2.24, 2.45) is 7.05 Å². The van der Waals surface area contributed by atoms with E-state index in [4.69, 9.17) is 0 Å². The minimum Gasteiger partial charge on any atom is -0.314 e. The quantitative estimate of drug-likeness (QED) is 0.657. The summed E-state index contributed by atoms with van der Waals surface area (Å²) in [7, 11) is 1.97. The molecule has 1 heterocycles. The Morgan fingerprint density at radius 3 is 2.80 bits per heavy atom. The van der Waals surface area contributed by atoms with Gasteiger partial charge in [0.1, 0.15) is 0 Å². The number of nitrogens with zero attached hydrogens (tertiary/aromatic N) is 2. The Morgan fingerprint density at radius 2 is 2.20 bits per heavy atom. The molecule has 0 aliphatic heterocycles. The summed E-state index contributed by atoms with van der Waals surface area (Å²) in [6.07, 6.45) is 2.99. The second-order valence-electron chi connectivity index (χ2n) is 4.09. The van der Waals surface area contributed by atoms with Crippen LogP contribution in [-0.4, -0.2) is 28.9 Å². The fourth-order valence-electron chi connectivity index (χ4n) is 1.40. The monoisotopic (exact) mass is 210 g/mol. The first kappa shape index (κ1) is 12.2. The van der Waals surface area contributed by atoms with Crippen molar-refractivity contribution >= 4 is 0 Å². The van der Waals surface area contributed by atoms with Crippen LogP contribution in [0.4, 0.5) is 0 Å². The van der Waals surface area contributed by atoms with E-state index in [-0.39, 0.29) is 0 Å². The fraction of sp³-hybridized carbons (Fsp3) is 0.727. The Hall–Kier alpha value is -0.870. The summed E-state index contributed by atoms with van der Waals surface area (Å²) in [5, 5.41) is 10.9. The average molecular weight is 210 g/mol. The third-order valence-corrected chi connectivity index (χ3v) is 2.31. The molecule has 2 N–H and O–H groups in total. The van der Waals surface area contributed by atoms with Gasteiger partial charge in [0.2, 0.25) is 0 Å². The number of aromatic nitrogens is 2. The van der Waals surface area contributed by atoms with E-state index >= 15 is 0 Å². The summed E-state index contributed by atoms with van der Waals surface area (Å²) in [5.41, 5.74) is 1.23. The van der Waals surface area contributed by atoms with Crippen LogP contribution in [-0.2, 0) is 13.6 Å². The highest BCUT2D eigenvalue weighted by Crippen LogP contribution is 1.94. The number of aryl methyl sites for hydroxylation is 1. The minimum atomic E-state index is 0.585. The normalized spacial score (nSPS) is 11.2. The molecule has 86 valence electrons. The van der Waals surface area contributed by atoms with Crippen molar-refractivity contribution in [3.05, 3.63) is 18.0 Å². The van der Waals surface area contributed by atoms with Crippen molar-refractivity contribution < 1.29 is 0 Å². The van der Waals surface area contributed by atoms with E-state index in [1.54, 1.807) is 0 Å². The highest BCUT2D eigenvalue weighted by Gasteiger charge is 1.97. The molecule has 0 fully saturated rings. The molecular weight excluding hydrogens is 188 g/mol.